The zero-order valence-electron chi connectivity index (χ0n) is 16.6. The Morgan fingerprint density at radius 3 is 2.73 bits per heavy atom. The first kappa shape index (κ1) is 21.5. The van der Waals surface area contributed by atoms with Crippen molar-refractivity contribution in [2.24, 2.45) is 0 Å². The maximum atomic E-state index is 12.7. The van der Waals surface area contributed by atoms with Gasteiger partial charge in [0.1, 0.15) is 0 Å². The zero-order valence-corrected chi connectivity index (χ0v) is 19.0. The highest BCUT2D eigenvalue weighted by molar-refractivity contribution is 9.10. The van der Waals surface area contributed by atoms with Gasteiger partial charge < -0.3 is 5.32 Å². The Morgan fingerprint density at radius 2 is 1.97 bits per heavy atom. The number of aryl methyl sites for hydroxylation is 1. The number of likely N-dealkylation sites (tertiary alicyclic amines) is 1. The summed E-state index contributed by atoms with van der Waals surface area (Å²) in [6.07, 6.45) is 4.82. The Morgan fingerprint density at radius 1 is 1.20 bits per heavy atom. The van der Waals surface area contributed by atoms with E-state index in [4.69, 9.17) is 0 Å². The smallest absolute Gasteiger partial charge is 0.261 e. The fourth-order valence-corrected chi connectivity index (χ4v) is 6.68. The molecule has 0 saturated carbocycles. The van der Waals surface area contributed by atoms with E-state index in [2.05, 4.69) is 31.1 Å². The first-order chi connectivity index (χ1) is 14.3. The van der Waals surface area contributed by atoms with Crippen molar-refractivity contribution in [3.63, 3.8) is 0 Å². The van der Waals surface area contributed by atoms with Crippen LogP contribution in [-0.2, 0) is 21.2 Å². The Bertz CT molecular complexity index is 1110. The molecule has 3 heterocycles. The van der Waals surface area contributed by atoms with Gasteiger partial charge >= 0.3 is 0 Å². The summed E-state index contributed by atoms with van der Waals surface area (Å²) in [5.74, 6) is -0.174. The lowest BCUT2D eigenvalue weighted by atomic mass is 10.0. The predicted molar refractivity (Wildman–Crippen MR) is 118 cm³/mol. The summed E-state index contributed by atoms with van der Waals surface area (Å²) in [7, 11) is -3.17. The minimum absolute atomic E-state index is 0.0224. The van der Waals surface area contributed by atoms with Gasteiger partial charge in [-0.1, -0.05) is 22.4 Å². The molecule has 8 nitrogen and oxygen atoms in total. The van der Waals surface area contributed by atoms with E-state index in [9.17, 15) is 18.0 Å². The highest BCUT2D eigenvalue weighted by Crippen LogP contribution is 2.22. The van der Waals surface area contributed by atoms with Crippen LogP contribution in [0.15, 0.2) is 33.8 Å². The van der Waals surface area contributed by atoms with Gasteiger partial charge in [-0.3, -0.25) is 19.1 Å². The van der Waals surface area contributed by atoms with Crippen molar-refractivity contribution in [1.82, 2.24) is 19.8 Å². The van der Waals surface area contributed by atoms with Gasteiger partial charge in [-0.25, -0.2) is 13.4 Å². The number of carbonyl (C=O) groups is 1. The molecular formula is C20H25BrN4O4S. The first-order valence-corrected chi connectivity index (χ1v) is 12.8. The van der Waals surface area contributed by atoms with Gasteiger partial charge in [0.15, 0.2) is 9.84 Å². The van der Waals surface area contributed by atoms with E-state index in [0.29, 0.717) is 10.9 Å². The van der Waals surface area contributed by atoms with Crippen molar-refractivity contribution in [3.8, 4) is 0 Å². The minimum atomic E-state index is -3.17. The second kappa shape index (κ2) is 8.76. The number of hydrogen-bond acceptors (Lipinski definition) is 6. The molecule has 2 aromatic rings. The number of carbonyl (C=O) groups excluding carboxylic acids is 1. The van der Waals surface area contributed by atoms with Crippen molar-refractivity contribution in [2.45, 2.75) is 44.3 Å². The normalized spacial score (nSPS) is 24.2. The molecule has 2 unspecified atom stereocenters. The fraction of sp³-hybridized carbons (Fsp3) is 0.550. The molecule has 1 aromatic heterocycles. The summed E-state index contributed by atoms with van der Waals surface area (Å²) in [5.41, 5.74) is 0.396. The number of halogens is 1. The Balaban J connectivity index is 1.42. The van der Waals surface area contributed by atoms with Gasteiger partial charge in [0.25, 0.3) is 5.56 Å². The number of fused-ring (bicyclic) bond motifs is 1. The van der Waals surface area contributed by atoms with E-state index in [0.717, 1.165) is 36.8 Å². The number of rotatable bonds is 5. The third-order valence-corrected chi connectivity index (χ3v) is 8.10. The number of nitrogens with zero attached hydrogens (tertiary/aromatic N) is 3. The fourth-order valence-electron chi connectivity index (χ4n) is 4.37. The lowest BCUT2D eigenvalue weighted by Crippen LogP contribution is -2.52. The molecule has 1 amide bonds. The van der Waals surface area contributed by atoms with Gasteiger partial charge in [-0.15, -0.1) is 0 Å². The van der Waals surface area contributed by atoms with E-state index in [1.807, 2.05) is 6.07 Å². The van der Waals surface area contributed by atoms with Crippen LogP contribution in [0.3, 0.4) is 0 Å². The van der Waals surface area contributed by atoms with Gasteiger partial charge in [-0.05, 0) is 44.1 Å². The SMILES string of the molecule is O=C(CCn1cnc2ccc(Br)cc2c1=O)NC1CS(=O)(=O)CC1N1CCCCC1. The van der Waals surface area contributed by atoms with Crippen LogP contribution < -0.4 is 10.9 Å². The van der Waals surface area contributed by atoms with E-state index in [-0.39, 0.29) is 42.0 Å². The zero-order chi connectivity index (χ0) is 21.3. The number of hydrogen-bond donors (Lipinski definition) is 1. The van der Waals surface area contributed by atoms with Crippen molar-refractivity contribution < 1.29 is 13.2 Å². The average Bonchev–Trinajstić information content (AvgIpc) is 3.02. The van der Waals surface area contributed by atoms with Crippen LogP contribution in [0, 0.1) is 0 Å². The molecule has 4 rings (SSSR count). The molecule has 1 N–H and O–H groups in total. The molecule has 0 aliphatic carbocycles. The lowest BCUT2D eigenvalue weighted by molar-refractivity contribution is -0.122. The molecule has 2 atom stereocenters. The monoisotopic (exact) mass is 496 g/mol. The predicted octanol–water partition coefficient (Wildman–Crippen LogP) is 1.32. The lowest BCUT2D eigenvalue weighted by Gasteiger charge is -2.35. The second-order valence-electron chi connectivity index (χ2n) is 8.07. The molecule has 2 fully saturated rings. The summed E-state index contributed by atoms with van der Waals surface area (Å²) in [4.78, 5) is 31.7. The first-order valence-electron chi connectivity index (χ1n) is 10.2. The summed E-state index contributed by atoms with van der Waals surface area (Å²) >= 11 is 3.36. The van der Waals surface area contributed by atoms with Crippen LogP contribution in [0.1, 0.15) is 25.7 Å². The number of amides is 1. The summed E-state index contributed by atoms with van der Waals surface area (Å²) in [5, 5.41) is 3.40. The molecule has 162 valence electrons. The number of aromatic nitrogens is 2. The van der Waals surface area contributed by atoms with Crippen LogP contribution in [0.4, 0.5) is 0 Å². The van der Waals surface area contributed by atoms with E-state index in [1.165, 1.54) is 10.9 Å². The van der Waals surface area contributed by atoms with Crippen LogP contribution >= 0.6 is 15.9 Å². The summed E-state index contributed by atoms with van der Waals surface area (Å²) in [6.45, 7) is 1.94. The van der Waals surface area contributed by atoms with E-state index >= 15 is 0 Å². The molecule has 30 heavy (non-hydrogen) atoms. The van der Waals surface area contributed by atoms with Crippen molar-refractivity contribution in [2.75, 3.05) is 24.6 Å². The Labute approximate surface area is 183 Å². The molecule has 1 aromatic carbocycles. The van der Waals surface area contributed by atoms with Crippen LogP contribution in [0.5, 0.6) is 0 Å². The van der Waals surface area contributed by atoms with E-state index < -0.39 is 15.9 Å². The van der Waals surface area contributed by atoms with Crippen LogP contribution in [-0.4, -0.2) is 65.5 Å². The minimum Gasteiger partial charge on any atom is -0.351 e. The quantitative estimate of drug-likeness (QED) is 0.669. The van der Waals surface area contributed by atoms with Crippen molar-refractivity contribution in [1.29, 1.82) is 0 Å². The molecule has 2 aliphatic heterocycles. The maximum absolute atomic E-state index is 12.7. The third-order valence-electron chi connectivity index (χ3n) is 5.89. The van der Waals surface area contributed by atoms with Crippen molar-refractivity contribution >= 4 is 42.6 Å². The number of nitrogens with one attached hydrogen (secondary N) is 1. The van der Waals surface area contributed by atoms with Crippen LogP contribution in [0.2, 0.25) is 0 Å². The number of sulfone groups is 1. The molecule has 2 saturated heterocycles. The molecule has 2 aliphatic rings. The van der Waals surface area contributed by atoms with Gasteiger partial charge in [0.2, 0.25) is 5.91 Å². The number of piperidine rings is 1. The summed E-state index contributed by atoms with van der Waals surface area (Å²) < 4.78 is 26.6. The van der Waals surface area contributed by atoms with Gasteiger partial charge in [-0.2, -0.15) is 0 Å². The average molecular weight is 497 g/mol. The summed E-state index contributed by atoms with van der Waals surface area (Å²) in [6, 6.07) is 4.73. The topological polar surface area (TPSA) is 101 Å². The van der Waals surface area contributed by atoms with Gasteiger partial charge in [0, 0.05) is 23.5 Å². The molecule has 10 heteroatoms. The largest absolute Gasteiger partial charge is 0.351 e. The second-order valence-corrected chi connectivity index (χ2v) is 11.1. The Hall–Kier alpha value is -1.78. The maximum Gasteiger partial charge on any atom is 0.261 e. The molecule has 0 spiro atoms. The standard InChI is InChI=1S/C20H25BrN4O4S/c21-14-4-5-16-15(10-14)20(27)25(13-22-16)9-6-19(26)23-17-11-30(28,29)12-18(17)24-7-2-1-3-8-24/h4-5,10,13,17-18H,1-3,6-9,11-12H2,(H,23,26). The third kappa shape index (κ3) is 4.76. The van der Waals surface area contributed by atoms with Crippen molar-refractivity contribution in [3.05, 3.63) is 39.4 Å². The molecule has 0 bridgehead atoms. The molecular weight excluding hydrogens is 472 g/mol. The Kier molecular flexibility index (Phi) is 6.26. The molecule has 0 radical (unpaired) electrons. The van der Waals surface area contributed by atoms with E-state index in [1.54, 1.807) is 12.1 Å². The highest BCUT2D eigenvalue weighted by Gasteiger charge is 2.41. The van der Waals surface area contributed by atoms with Gasteiger partial charge in [0.05, 0.1) is 34.8 Å². The van der Waals surface area contributed by atoms with Crippen LogP contribution in [0.25, 0.3) is 10.9 Å². The highest BCUT2D eigenvalue weighted by atomic mass is 79.9. The number of benzene rings is 1.